The maximum absolute atomic E-state index is 13.3. The van der Waals surface area contributed by atoms with Crippen LogP contribution in [0.4, 0.5) is 0 Å². The van der Waals surface area contributed by atoms with Crippen LogP contribution in [0, 0.1) is 6.92 Å². The molecular formula is C23H30N2O3S. The summed E-state index contributed by atoms with van der Waals surface area (Å²) in [5.74, 6) is -0.101. The van der Waals surface area contributed by atoms with Crippen molar-refractivity contribution >= 4 is 15.9 Å². The van der Waals surface area contributed by atoms with Gasteiger partial charge >= 0.3 is 0 Å². The largest absolute Gasteiger partial charge is 0.342 e. The lowest BCUT2D eigenvalue weighted by atomic mass is 10.1. The molecule has 3 rings (SSSR count). The summed E-state index contributed by atoms with van der Waals surface area (Å²) in [7, 11) is -3.74. The third kappa shape index (κ3) is 5.90. The number of amides is 1. The number of benzene rings is 2. The molecule has 0 unspecified atom stereocenters. The van der Waals surface area contributed by atoms with E-state index in [0.717, 1.165) is 49.9 Å². The van der Waals surface area contributed by atoms with Crippen LogP contribution in [-0.4, -0.2) is 49.7 Å². The SMILES string of the molecule is Cc1ccc(S(=O)(=O)N(CCc2ccccc2)CC(=O)N2CCCCCC2)cc1. The van der Waals surface area contributed by atoms with E-state index in [4.69, 9.17) is 0 Å². The molecule has 2 aromatic rings. The topological polar surface area (TPSA) is 57.7 Å². The minimum atomic E-state index is -3.74. The van der Waals surface area contributed by atoms with E-state index in [1.165, 1.54) is 4.31 Å². The molecule has 1 saturated heterocycles. The van der Waals surface area contributed by atoms with Crippen LogP contribution < -0.4 is 0 Å². The minimum Gasteiger partial charge on any atom is -0.342 e. The third-order valence-electron chi connectivity index (χ3n) is 5.42. The molecule has 1 aliphatic heterocycles. The zero-order valence-electron chi connectivity index (χ0n) is 17.1. The first-order chi connectivity index (χ1) is 14.0. The Balaban J connectivity index is 1.80. The summed E-state index contributed by atoms with van der Waals surface area (Å²) in [6.07, 6.45) is 4.80. The first-order valence-corrected chi connectivity index (χ1v) is 11.8. The molecule has 1 amide bonds. The van der Waals surface area contributed by atoms with E-state index in [1.54, 1.807) is 24.3 Å². The van der Waals surface area contributed by atoms with E-state index >= 15 is 0 Å². The second-order valence-corrected chi connectivity index (χ2v) is 9.62. The molecular weight excluding hydrogens is 384 g/mol. The number of hydrogen-bond donors (Lipinski definition) is 0. The van der Waals surface area contributed by atoms with E-state index in [0.29, 0.717) is 6.42 Å². The fourth-order valence-corrected chi connectivity index (χ4v) is 5.00. The van der Waals surface area contributed by atoms with E-state index in [-0.39, 0.29) is 23.9 Å². The molecule has 0 bridgehead atoms. The van der Waals surface area contributed by atoms with Crippen molar-refractivity contribution in [3.8, 4) is 0 Å². The molecule has 6 heteroatoms. The van der Waals surface area contributed by atoms with Gasteiger partial charge in [0.2, 0.25) is 15.9 Å². The summed E-state index contributed by atoms with van der Waals surface area (Å²) in [4.78, 5) is 15.0. The second kappa shape index (κ2) is 10.0. The van der Waals surface area contributed by atoms with Crippen LogP contribution in [0.25, 0.3) is 0 Å². The van der Waals surface area contributed by atoms with E-state index in [9.17, 15) is 13.2 Å². The van der Waals surface area contributed by atoms with Crippen molar-refractivity contribution in [2.45, 2.75) is 43.9 Å². The monoisotopic (exact) mass is 414 g/mol. The van der Waals surface area contributed by atoms with Crippen molar-refractivity contribution < 1.29 is 13.2 Å². The Morgan fingerprint density at radius 1 is 0.931 bits per heavy atom. The van der Waals surface area contributed by atoms with Crippen LogP contribution in [0.2, 0.25) is 0 Å². The zero-order valence-corrected chi connectivity index (χ0v) is 17.9. The van der Waals surface area contributed by atoms with E-state index in [2.05, 4.69) is 0 Å². The van der Waals surface area contributed by atoms with Gasteiger partial charge in [-0.1, -0.05) is 60.9 Å². The van der Waals surface area contributed by atoms with Crippen molar-refractivity contribution in [3.05, 3.63) is 65.7 Å². The Morgan fingerprint density at radius 3 is 2.17 bits per heavy atom. The molecule has 1 heterocycles. The first-order valence-electron chi connectivity index (χ1n) is 10.4. The number of carbonyl (C=O) groups is 1. The molecule has 2 aromatic carbocycles. The van der Waals surface area contributed by atoms with Gasteiger partial charge < -0.3 is 4.90 Å². The normalized spacial score (nSPS) is 15.3. The van der Waals surface area contributed by atoms with Gasteiger partial charge in [0.25, 0.3) is 0 Å². The standard InChI is InChI=1S/C23H30N2O3S/c1-20-11-13-22(14-12-20)29(27,28)25(18-15-21-9-5-4-6-10-21)19-23(26)24-16-7-2-3-8-17-24/h4-6,9-14H,2-3,7-8,15-19H2,1H3. The van der Waals surface area contributed by atoms with Gasteiger partial charge in [-0.25, -0.2) is 8.42 Å². The molecule has 0 atom stereocenters. The van der Waals surface area contributed by atoms with Crippen LogP contribution in [0.5, 0.6) is 0 Å². The molecule has 0 saturated carbocycles. The highest BCUT2D eigenvalue weighted by atomic mass is 32.2. The van der Waals surface area contributed by atoms with Crippen molar-refractivity contribution in [3.63, 3.8) is 0 Å². The number of rotatable bonds is 7. The third-order valence-corrected chi connectivity index (χ3v) is 7.28. The first kappa shape index (κ1) is 21.5. The van der Waals surface area contributed by atoms with E-state index in [1.807, 2.05) is 42.2 Å². The maximum atomic E-state index is 13.3. The molecule has 0 N–H and O–H groups in total. The zero-order chi connectivity index (χ0) is 20.7. The van der Waals surface area contributed by atoms with Crippen LogP contribution in [0.1, 0.15) is 36.8 Å². The van der Waals surface area contributed by atoms with Gasteiger partial charge in [-0.15, -0.1) is 0 Å². The molecule has 0 aliphatic carbocycles. The Kier molecular flexibility index (Phi) is 7.45. The predicted molar refractivity (Wildman–Crippen MR) is 115 cm³/mol. The average Bonchev–Trinajstić information content (AvgIpc) is 3.01. The smallest absolute Gasteiger partial charge is 0.243 e. The number of sulfonamides is 1. The molecule has 0 radical (unpaired) electrons. The summed E-state index contributed by atoms with van der Waals surface area (Å²) in [5, 5.41) is 0. The van der Waals surface area contributed by atoms with Gasteiger partial charge in [0, 0.05) is 19.6 Å². The van der Waals surface area contributed by atoms with Gasteiger partial charge in [0.15, 0.2) is 0 Å². The molecule has 0 aromatic heterocycles. The van der Waals surface area contributed by atoms with Crippen molar-refractivity contribution in [1.82, 2.24) is 9.21 Å². The average molecular weight is 415 g/mol. The fraction of sp³-hybridized carbons (Fsp3) is 0.435. The number of carbonyl (C=O) groups excluding carboxylic acids is 1. The molecule has 156 valence electrons. The van der Waals surface area contributed by atoms with Crippen LogP contribution >= 0.6 is 0 Å². The minimum absolute atomic E-state index is 0.101. The molecule has 1 fully saturated rings. The molecule has 1 aliphatic rings. The van der Waals surface area contributed by atoms with Crippen molar-refractivity contribution in [1.29, 1.82) is 0 Å². The van der Waals surface area contributed by atoms with Gasteiger partial charge in [-0.3, -0.25) is 4.79 Å². The Labute approximate surface area is 174 Å². The summed E-state index contributed by atoms with van der Waals surface area (Å²) < 4.78 is 28.0. The van der Waals surface area contributed by atoms with Crippen LogP contribution in [0.3, 0.4) is 0 Å². The Bertz CT molecular complexity index is 887. The molecule has 5 nitrogen and oxygen atoms in total. The number of likely N-dealkylation sites (tertiary alicyclic amines) is 1. The van der Waals surface area contributed by atoms with Gasteiger partial charge in [-0.2, -0.15) is 4.31 Å². The Hall–Kier alpha value is -2.18. The lowest BCUT2D eigenvalue weighted by Crippen LogP contribution is -2.44. The predicted octanol–water partition coefficient (Wildman–Crippen LogP) is 3.63. The second-order valence-electron chi connectivity index (χ2n) is 7.68. The summed E-state index contributed by atoms with van der Waals surface area (Å²) in [6, 6.07) is 16.6. The van der Waals surface area contributed by atoms with E-state index < -0.39 is 10.0 Å². The fourth-order valence-electron chi connectivity index (χ4n) is 3.61. The molecule has 29 heavy (non-hydrogen) atoms. The van der Waals surface area contributed by atoms with Crippen molar-refractivity contribution in [2.75, 3.05) is 26.2 Å². The summed E-state index contributed by atoms with van der Waals surface area (Å²) >= 11 is 0. The van der Waals surface area contributed by atoms with Gasteiger partial charge in [-0.05, 0) is 43.9 Å². The number of aryl methyl sites for hydroxylation is 1. The van der Waals surface area contributed by atoms with Crippen molar-refractivity contribution in [2.24, 2.45) is 0 Å². The van der Waals surface area contributed by atoms with Crippen LogP contribution in [0.15, 0.2) is 59.5 Å². The maximum Gasteiger partial charge on any atom is 0.243 e. The quantitative estimate of drug-likeness (QED) is 0.695. The summed E-state index contributed by atoms with van der Waals surface area (Å²) in [6.45, 7) is 3.53. The highest BCUT2D eigenvalue weighted by Gasteiger charge is 2.28. The number of nitrogens with zero attached hydrogens (tertiary/aromatic N) is 2. The Morgan fingerprint density at radius 2 is 1.55 bits per heavy atom. The lowest BCUT2D eigenvalue weighted by Gasteiger charge is -2.26. The number of hydrogen-bond acceptors (Lipinski definition) is 3. The highest BCUT2D eigenvalue weighted by Crippen LogP contribution is 2.18. The lowest BCUT2D eigenvalue weighted by molar-refractivity contribution is -0.131. The van der Waals surface area contributed by atoms with Crippen LogP contribution in [-0.2, 0) is 21.2 Å². The highest BCUT2D eigenvalue weighted by molar-refractivity contribution is 7.89. The summed E-state index contributed by atoms with van der Waals surface area (Å²) in [5.41, 5.74) is 2.05. The van der Waals surface area contributed by atoms with Gasteiger partial charge in [0.1, 0.15) is 0 Å². The van der Waals surface area contributed by atoms with Gasteiger partial charge in [0.05, 0.1) is 11.4 Å². The molecule has 0 spiro atoms.